The molecule has 13 rings (SSSR count). The number of anilines is 3. The van der Waals surface area contributed by atoms with Crippen molar-refractivity contribution in [2.24, 2.45) is 0 Å². The molecule has 0 amide bonds. The maximum Gasteiger partial charge on any atom is 0.0620 e. The molecule has 0 saturated carbocycles. The van der Waals surface area contributed by atoms with Crippen LogP contribution in [0.25, 0.3) is 103 Å². The molecule has 63 heavy (non-hydrogen) atoms. The number of aromatic nitrogens is 1. The molecule has 0 fully saturated rings. The molecule has 3 heterocycles. The monoisotopic (exact) mass is 818 g/mol. The second-order valence-electron chi connectivity index (χ2n) is 16.5. The minimum absolute atomic E-state index is 1.10. The van der Waals surface area contributed by atoms with Gasteiger partial charge in [-0.3, -0.25) is 0 Å². The molecular weight excluding hydrogens is 781 g/mol. The van der Waals surface area contributed by atoms with E-state index in [0.29, 0.717) is 0 Å². The molecule has 0 radical (unpaired) electrons. The molecule has 0 saturated heterocycles. The molecule has 13 aromatic rings. The Bertz CT molecular complexity index is 3720. The summed E-state index contributed by atoms with van der Waals surface area (Å²) in [6, 6.07) is 84.6. The molecule has 2 nitrogen and oxygen atoms in total. The first kappa shape index (κ1) is 35.7. The number of hydrogen-bond acceptors (Lipinski definition) is 2. The molecule has 3 heteroatoms. The number of rotatable bonds is 7. The fraction of sp³-hybridized carbons (Fsp3) is 0. The molecule has 0 aliphatic heterocycles. The lowest BCUT2D eigenvalue weighted by molar-refractivity contribution is 1.28. The summed E-state index contributed by atoms with van der Waals surface area (Å²) >= 11 is 1.86. The highest BCUT2D eigenvalue weighted by Crippen LogP contribution is 2.43. The maximum atomic E-state index is 2.44. The van der Waals surface area contributed by atoms with Crippen LogP contribution in [0.2, 0.25) is 0 Å². The molecule has 10 aromatic carbocycles. The van der Waals surface area contributed by atoms with Gasteiger partial charge in [0.05, 0.1) is 16.6 Å². The van der Waals surface area contributed by atoms with Gasteiger partial charge < -0.3 is 9.30 Å². The summed E-state index contributed by atoms with van der Waals surface area (Å²) in [6.07, 6.45) is 0. The number of para-hydroxylation sites is 2. The van der Waals surface area contributed by atoms with Gasteiger partial charge in [0.2, 0.25) is 0 Å². The molecule has 0 spiro atoms. The summed E-state index contributed by atoms with van der Waals surface area (Å²) in [5.74, 6) is 0. The topological polar surface area (TPSA) is 7.65 Å². The first-order valence-corrected chi connectivity index (χ1v) is 22.4. The van der Waals surface area contributed by atoms with Crippen LogP contribution in [-0.4, -0.2) is 4.40 Å². The second kappa shape index (κ2) is 14.3. The van der Waals surface area contributed by atoms with Crippen molar-refractivity contribution in [1.29, 1.82) is 0 Å². The predicted octanol–water partition coefficient (Wildman–Crippen LogP) is 17.3. The first-order chi connectivity index (χ1) is 31.2. The van der Waals surface area contributed by atoms with E-state index in [-0.39, 0.29) is 0 Å². The Morgan fingerprint density at radius 3 is 1.21 bits per heavy atom. The largest absolute Gasteiger partial charge is 0.311 e. The van der Waals surface area contributed by atoms with Crippen molar-refractivity contribution >= 4 is 86.7 Å². The number of hydrogen-bond donors (Lipinski definition) is 0. The lowest BCUT2D eigenvalue weighted by atomic mass is 9.98. The van der Waals surface area contributed by atoms with Gasteiger partial charge >= 0.3 is 0 Å². The van der Waals surface area contributed by atoms with Crippen LogP contribution in [0.4, 0.5) is 17.1 Å². The molecule has 0 bridgehead atoms. The summed E-state index contributed by atoms with van der Waals surface area (Å²) in [6.45, 7) is 0. The van der Waals surface area contributed by atoms with Crippen LogP contribution >= 0.6 is 11.3 Å². The Kier molecular flexibility index (Phi) is 8.12. The van der Waals surface area contributed by atoms with E-state index in [1.54, 1.807) is 0 Å². The van der Waals surface area contributed by atoms with E-state index in [1.165, 1.54) is 103 Å². The van der Waals surface area contributed by atoms with Crippen molar-refractivity contribution in [2.45, 2.75) is 0 Å². The van der Waals surface area contributed by atoms with E-state index in [0.717, 1.165) is 17.1 Å². The summed E-state index contributed by atoms with van der Waals surface area (Å²) in [5, 5.41) is 7.80. The van der Waals surface area contributed by atoms with Crippen molar-refractivity contribution < 1.29 is 0 Å². The van der Waals surface area contributed by atoms with Crippen LogP contribution in [0.3, 0.4) is 0 Å². The number of benzene rings is 10. The minimum atomic E-state index is 1.10. The minimum Gasteiger partial charge on any atom is -0.311 e. The van der Waals surface area contributed by atoms with E-state index < -0.39 is 0 Å². The molecule has 294 valence electrons. The van der Waals surface area contributed by atoms with Gasteiger partial charge in [-0.15, -0.1) is 11.3 Å². The van der Waals surface area contributed by atoms with Crippen molar-refractivity contribution in [2.75, 3.05) is 4.90 Å². The van der Waals surface area contributed by atoms with Crippen LogP contribution < -0.4 is 4.90 Å². The normalized spacial score (nSPS) is 11.8. The molecule has 0 N–H and O–H groups in total. The van der Waals surface area contributed by atoms with Gasteiger partial charge in [-0.1, -0.05) is 152 Å². The lowest BCUT2D eigenvalue weighted by Gasteiger charge is -2.26. The SMILES string of the molecule is c1ccc(-c2ccc(-c3ccc(N(c4ccc(-c5ccc6sc7ccccc7c6c5)cc4)c4ccc(-c5cc6c7ccccc7n7c8ccccc8c(c5)c67)cc4)cc3)cc2)cc1. The fourth-order valence-corrected chi connectivity index (χ4v) is 10.9. The van der Waals surface area contributed by atoms with Crippen molar-refractivity contribution in [3.8, 4) is 44.5 Å². The summed E-state index contributed by atoms with van der Waals surface area (Å²) < 4.78 is 5.09. The zero-order valence-electron chi connectivity index (χ0n) is 34.2. The maximum absolute atomic E-state index is 2.44. The lowest BCUT2D eigenvalue weighted by Crippen LogP contribution is -2.09. The van der Waals surface area contributed by atoms with Crippen LogP contribution in [0, 0.1) is 0 Å². The van der Waals surface area contributed by atoms with Gasteiger partial charge in [0.1, 0.15) is 0 Å². The third-order valence-corrected chi connectivity index (χ3v) is 14.1. The summed E-state index contributed by atoms with van der Waals surface area (Å²) in [5.41, 5.74) is 16.8. The summed E-state index contributed by atoms with van der Waals surface area (Å²) in [4.78, 5) is 2.37. The van der Waals surface area contributed by atoms with Crippen LogP contribution in [-0.2, 0) is 0 Å². The molecule has 0 unspecified atom stereocenters. The van der Waals surface area contributed by atoms with E-state index in [1.807, 2.05) is 11.3 Å². The molecule has 0 atom stereocenters. The van der Waals surface area contributed by atoms with Gasteiger partial charge in [0.15, 0.2) is 0 Å². The zero-order valence-corrected chi connectivity index (χ0v) is 35.1. The average molecular weight is 819 g/mol. The van der Waals surface area contributed by atoms with Gasteiger partial charge in [-0.05, 0) is 123 Å². The second-order valence-corrected chi connectivity index (χ2v) is 17.6. The zero-order chi connectivity index (χ0) is 41.4. The van der Waals surface area contributed by atoms with E-state index in [2.05, 4.69) is 240 Å². The Hall–Kier alpha value is -7.98. The Labute approximate surface area is 369 Å². The van der Waals surface area contributed by atoms with Crippen molar-refractivity contribution in [3.05, 3.63) is 231 Å². The molecule has 0 aliphatic rings. The Balaban J connectivity index is 0.890. The van der Waals surface area contributed by atoms with Gasteiger partial charge in [0.25, 0.3) is 0 Å². The first-order valence-electron chi connectivity index (χ1n) is 21.6. The van der Waals surface area contributed by atoms with Crippen LogP contribution in [0.5, 0.6) is 0 Å². The quantitative estimate of drug-likeness (QED) is 0.155. The highest BCUT2D eigenvalue weighted by molar-refractivity contribution is 7.25. The Morgan fingerprint density at radius 2 is 0.651 bits per heavy atom. The van der Waals surface area contributed by atoms with E-state index >= 15 is 0 Å². The fourth-order valence-electron chi connectivity index (χ4n) is 9.86. The number of nitrogens with zero attached hydrogens (tertiary/aromatic N) is 2. The van der Waals surface area contributed by atoms with Crippen LogP contribution in [0.15, 0.2) is 231 Å². The van der Waals surface area contributed by atoms with Gasteiger partial charge in [0, 0.05) is 58.8 Å². The molecular formula is C60H38N2S. The third kappa shape index (κ3) is 5.85. The number of fused-ring (bicyclic) bond motifs is 9. The average Bonchev–Trinajstić information content (AvgIpc) is 4.02. The molecule has 3 aromatic heterocycles. The molecule has 0 aliphatic carbocycles. The van der Waals surface area contributed by atoms with E-state index in [4.69, 9.17) is 0 Å². The summed E-state index contributed by atoms with van der Waals surface area (Å²) in [7, 11) is 0. The Morgan fingerprint density at radius 1 is 0.270 bits per heavy atom. The van der Waals surface area contributed by atoms with Crippen molar-refractivity contribution in [1.82, 2.24) is 4.40 Å². The smallest absolute Gasteiger partial charge is 0.0620 e. The number of thiophene rings is 1. The van der Waals surface area contributed by atoms with Crippen LogP contribution in [0.1, 0.15) is 0 Å². The highest BCUT2D eigenvalue weighted by atomic mass is 32.1. The predicted molar refractivity (Wildman–Crippen MR) is 270 cm³/mol. The van der Waals surface area contributed by atoms with Crippen molar-refractivity contribution in [3.63, 3.8) is 0 Å². The van der Waals surface area contributed by atoms with Gasteiger partial charge in [-0.25, -0.2) is 0 Å². The third-order valence-electron chi connectivity index (χ3n) is 12.9. The standard InChI is InChI=1S/C60H38N2S/c1-2-10-39(11-3-1)40-18-20-41(21-19-40)42-22-29-47(30-23-42)61(48-31-24-43(25-32-48)45-28-35-59-53(36-45)52-14-6-9-17-58(52)63-59)49-33-26-44(27-34-49)46-37-54-50-12-4-7-15-56(50)62-57-16-8-5-13-51(57)55(38-46)60(54)62/h1-38H. The van der Waals surface area contributed by atoms with Gasteiger partial charge in [-0.2, -0.15) is 0 Å². The van der Waals surface area contributed by atoms with E-state index in [9.17, 15) is 0 Å². The highest BCUT2D eigenvalue weighted by Gasteiger charge is 2.19.